The molecule has 0 saturated carbocycles. The van der Waals surface area contributed by atoms with Crippen LogP contribution < -0.4 is 10.6 Å². The topological polar surface area (TPSA) is 37.0 Å². The maximum Gasteiger partial charge on any atom is 0.0549 e. The van der Waals surface area contributed by atoms with E-state index >= 15 is 0 Å². The van der Waals surface area contributed by atoms with Gasteiger partial charge in [-0.05, 0) is 41.8 Å². The summed E-state index contributed by atoms with van der Waals surface area (Å²) in [6, 6.07) is 4.64. The molecule has 0 aliphatic carbocycles. The maximum atomic E-state index is 4.18. The van der Waals surface area contributed by atoms with Gasteiger partial charge in [0.05, 0.1) is 23.8 Å². The Morgan fingerprint density at radius 1 is 1.35 bits per heavy atom. The van der Waals surface area contributed by atoms with Crippen LogP contribution >= 0.6 is 11.3 Å². The van der Waals surface area contributed by atoms with Gasteiger partial charge in [0.25, 0.3) is 0 Å². The van der Waals surface area contributed by atoms with Crippen molar-refractivity contribution in [2.45, 2.75) is 19.4 Å². The van der Waals surface area contributed by atoms with Crippen molar-refractivity contribution in [2.24, 2.45) is 0 Å². The lowest BCUT2D eigenvalue weighted by Gasteiger charge is -2.14. The lowest BCUT2D eigenvalue weighted by atomic mass is 10.1. The highest BCUT2D eigenvalue weighted by Gasteiger charge is 2.04. The quantitative estimate of drug-likeness (QED) is 0.851. The molecule has 0 amide bonds. The summed E-state index contributed by atoms with van der Waals surface area (Å²) in [5.41, 5.74) is 3.46. The van der Waals surface area contributed by atoms with Gasteiger partial charge in [0.2, 0.25) is 0 Å². The number of nitrogens with one attached hydrogen (secondary N) is 2. The summed E-state index contributed by atoms with van der Waals surface area (Å²) in [6.45, 7) is 2.18. The molecule has 2 N–H and O–H groups in total. The van der Waals surface area contributed by atoms with Crippen LogP contribution in [0.5, 0.6) is 0 Å². The molecular weight excluding hydrogens is 230 g/mol. The van der Waals surface area contributed by atoms with Crippen molar-refractivity contribution in [1.82, 2.24) is 4.98 Å². The van der Waals surface area contributed by atoms with Crippen LogP contribution in [0, 0.1) is 0 Å². The molecule has 0 saturated heterocycles. The Morgan fingerprint density at radius 3 is 2.88 bits per heavy atom. The summed E-state index contributed by atoms with van der Waals surface area (Å²) in [6.07, 6.45) is 4.70. The van der Waals surface area contributed by atoms with Gasteiger partial charge in [-0.1, -0.05) is 0 Å². The number of pyridine rings is 1. The number of nitrogens with zero attached hydrogens (tertiary/aromatic N) is 1. The van der Waals surface area contributed by atoms with E-state index in [-0.39, 0.29) is 0 Å². The van der Waals surface area contributed by atoms with Crippen LogP contribution in [0.15, 0.2) is 35.3 Å². The molecule has 0 fully saturated rings. The average molecular weight is 247 g/mol. The van der Waals surface area contributed by atoms with Crippen LogP contribution in [0.2, 0.25) is 0 Å². The van der Waals surface area contributed by atoms with Crippen LogP contribution in [0.4, 0.5) is 11.4 Å². The fourth-order valence-corrected chi connectivity index (χ4v) is 2.44. The molecule has 1 unspecified atom stereocenters. The Labute approximate surface area is 106 Å². The Morgan fingerprint density at radius 2 is 2.18 bits per heavy atom. The van der Waals surface area contributed by atoms with Crippen LogP contribution in [-0.2, 0) is 6.42 Å². The van der Waals surface area contributed by atoms with Gasteiger partial charge in [0.15, 0.2) is 0 Å². The standard InChI is InChI=1S/C13H17N3S/c1-10(5-11-3-4-17-9-11)16-13-6-12(14-2)7-15-8-13/h3-4,6-10,14,16H,5H2,1-2H3. The van der Waals surface area contributed by atoms with E-state index in [1.165, 1.54) is 5.56 Å². The highest BCUT2D eigenvalue weighted by Crippen LogP contribution is 2.15. The van der Waals surface area contributed by atoms with Gasteiger partial charge in [-0.2, -0.15) is 11.3 Å². The molecule has 2 aromatic heterocycles. The van der Waals surface area contributed by atoms with Gasteiger partial charge in [0, 0.05) is 13.1 Å². The molecule has 0 spiro atoms. The second kappa shape index (κ2) is 5.68. The zero-order chi connectivity index (χ0) is 12.1. The Balaban J connectivity index is 1.95. The first-order chi connectivity index (χ1) is 8.28. The molecular formula is C13H17N3S. The predicted molar refractivity (Wildman–Crippen MR) is 74.9 cm³/mol. The molecule has 0 aliphatic heterocycles. The summed E-state index contributed by atoms with van der Waals surface area (Å²) in [4.78, 5) is 4.18. The second-order valence-corrected chi connectivity index (χ2v) is 4.87. The molecule has 0 aromatic carbocycles. The lowest BCUT2D eigenvalue weighted by molar-refractivity contribution is 0.792. The number of hydrogen-bond donors (Lipinski definition) is 2. The molecule has 2 aromatic rings. The van der Waals surface area contributed by atoms with Crippen molar-refractivity contribution < 1.29 is 0 Å². The SMILES string of the molecule is CNc1cncc(NC(C)Cc2ccsc2)c1. The molecule has 3 nitrogen and oxygen atoms in total. The van der Waals surface area contributed by atoms with Crippen LogP contribution in [-0.4, -0.2) is 18.1 Å². The summed E-state index contributed by atoms with van der Waals surface area (Å²) in [5.74, 6) is 0. The highest BCUT2D eigenvalue weighted by atomic mass is 32.1. The number of aromatic nitrogens is 1. The van der Waals surface area contributed by atoms with E-state index in [1.807, 2.05) is 19.4 Å². The van der Waals surface area contributed by atoms with Crippen LogP contribution in [0.1, 0.15) is 12.5 Å². The smallest absolute Gasteiger partial charge is 0.0549 e. The predicted octanol–water partition coefficient (Wildman–Crippen LogP) is 3.23. The number of thiophene rings is 1. The van der Waals surface area contributed by atoms with E-state index < -0.39 is 0 Å². The van der Waals surface area contributed by atoms with E-state index in [2.05, 4.69) is 45.4 Å². The second-order valence-electron chi connectivity index (χ2n) is 4.09. The number of hydrogen-bond acceptors (Lipinski definition) is 4. The van der Waals surface area contributed by atoms with E-state index in [1.54, 1.807) is 11.3 Å². The van der Waals surface area contributed by atoms with Gasteiger partial charge in [0.1, 0.15) is 0 Å². The van der Waals surface area contributed by atoms with Gasteiger partial charge in [-0.15, -0.1) is 0 Å². The lowest BCUT2D eigenvalue weighted by Crippen LogP contribution is -2.17. The van der Waals surface area contributed by atoms with E-state index in [4.69, 9.17) is 0 Å². The van der Waals surface area contributed by atoms with Gasteiger partial charge < -0.3 is 10.6 Å². The molecule has 0 aliphatic rings. The van der Waals surface area contributed by atoms with Crippen molar-refractivity contribution >= 4 is 22.7 Å². The molecule has 2 heterocycles. The maximum absolute atomic E-state index is 4.18. The highest BCUT2D eigenvalue weighted by molar-refractivity contribution is 7.07. The van der Waals surface area contributed by atoms with Crippen LogP contribution in [0.3, 0.4) is 0 Å². The van der Waals surface area contributed by atoms with Crippen molar-refractivity contribution in [2.75, 3.05) is 17.7 Å². The van der Waals surface area contributed by atoms with Crippen molar-refractivity contribution in [3.05, 3.63) is 40.8 Å². The van der Waals surface area contributed by atoms with Gasteiger partial charge in [-0.3, -0.25) is 4.98 Å². The molecule has 0 radical (unpaired) electrons. The zero-order valence-electron chi connectivity index (χ0n) is 10.1. The first-order valence-electron chi connectivity index (χ1n) is 5.68. The Kier molecular flexibility index (Phi) is 3.98. The summed E-state index contributed by atoms with van der Waals surface area (Å²) in [5, 5.41) is 10.9. The minimum Gasteiger partial charge on any atom is -0.387 e. The fourth-order valence-electron chi connectivity index (χ4n) is 1.75. The van der Waals surface area contributed by atoms with Gasteiger partial charge >= 0.3 is 0 Å². The average Bonchev–Trinajstić information content (AvgIpc) is 2.82. The minimum absolute atomic E-state index is 0.401. The van der Waals surface area contributed by atoms with Gasteiger partial charge in [-0.25, -0.2) is 0 Å². The summed E-state index contributed by atoms with van der Waals surface area (Å²) in [7, 11) is 1.90. The normalized spacial score (nSPS) is 12.1. The monoisotopic (exact) mass is 247 g/mol. The third-order valence-electron chi connectivity index (χ3n) is 2.56. The minimum atomic E-state index is 0.401. The van der Waals surface area contributed by atoms with E-state index in [0.29, 0.717) is 6.04 Å². The van der Waals surface area contributed by atoms with Crippen molar-refractivity contribution in [1.29, 1.82) is 0 Å². The first kappa shape index (κ1) is 11.9. The molecule has 17 heavy (non-hydrogen) atoms. The summed E-state index contributed by atoms with van der Waals surface area (Å²) >= 11 is 1.74. The number of rotatable bonds is 5. The third kappa shape index (κ3) is 3.46. The molecule has 2 rings (SSSR count). The first-order valence-corrected chi connectivity index (χ1v) is 6.62. The van der Waals surface area contributed by atoms with E-state index in [9.17, 15) is 0 Å². The molecule has 4 heteroatoms. The van der Waals surface area contributed by atoms with Crippen molar-refractivity contribution in [3.63, 3.8) is 0 Å². The Hall–Kier alpha value is -1.55. The summed E-state index contributed by atoms with van der Waals surface area (Å²) < 4.78 is 0. The molecule has 0 bridgehead atoms. The number of anilines is 2. The Bertz CT molecular complexity index is 453. The van der Waals surface area contributed by atoms with Crippen molar-refractivity contribution in [3.8, 4) is 0 Å². The third-order valence-corrected chi connectivity index (χ3v) is 3.29. The molecule has 90 valence electrons. The van der Waals surface area contributed by atoms with E-state index in [0.717, 1.165) is 17.8 Å². The van der Waals surface area contributed by atoms with Crippen LogP contribution in [0.25, 0.3) is 0 Å². The zero-order valence-corrected chi connectivity index (χ0v) is 10.9. The molecule has 1 atom stereocenters. The largest absolute Gasteiger partial charge is 0.387 e. The fraction of sp³-hybridized carbons (Fsp3) is 0.308.